The third-order valence-electron chi connectivity index (χ3n) is 1.31. The van der Waals surface area contributed by atoms with Crippen LogP contribution in [0, 0.1) is 0 Å². The van der Waals surface area contributed by atoms with Gasteiger partial charge in [0.2, 0.25) is 0 Å². The molecule has 5 heteroatoms. The minimum atomic E-state index is -0.845. The molecule has 0 aromatic carbocycles. The molecule has 1 aromatic rings. The highest BCUT2D eigenvalue weighted by molar-refractivity contribution is 7.19. The fourth-order valence-electron chi connectivity index (χ4n) is 0.791. The molecule has 1 N–H and O–H groups in total. The van der Waals surface area contributed by atoms with Crippen LogP contribution < -0.4 is 4.90 Å². The van der Waals surface area contributed by atoms with Gasteiger partial charge in [-0.05, 0) is 12.1 Å². The van der Waals surface area contributed by atoms with Crippen molar-refractivity contribution in [1.29, 1.82) is 0 Å². The highest BCUT2D eigenvalue weighted by Gasteiger charge is 2.07. The molecular weight excluding hydrogens is 198 g/mol. The van der Waals surface area contributed by atoms with Crippen LogP contribution in [0.25, 0.3) is 0 Å². The van der Waals surface area contributed by atoms with E-state index in [9.17, 15) is 4.79 Å². The Labute approximate surface area is 79.2 Å². The summed E-state index contributed by atoms with van der Waals surface area (Å²) >= 11 is 7.05. The maximum absolute atomic E-state index is 10.3. The molecular formula is C7H8ClNO2S. The highest BCUT2D eigenvalue weighted by atomic mass is 35.5. The predicted octanol–water partition coefficient (Wildman–Crippen LogP) is 1.92. The number of anilines is 1. The average molecular weight is 206 g/mol. The van der Waals surface area contributed by atoms with E-state index in [0.29, 0.717) is 4.34 Å². The number of hydrogen-bond acceptors (Lipinski definition) is 3. The van der Waals surface area contributed by atoms with Crippen molar-refractivity contribution in [3.8, 4) is 0 Å². The number of thiophene rings is 1. The normalized spacial score (nSPS) is 9.83. The van der Waals surface area contributed by atoms with E-state index in [0.717, 1.165) is 5.00 Å². The molecule has 3 nitrogen and oxygen atoms in total. The Balaban J connectivity index is 2.64. The summed E-state index contributed by atoms with van der Waals surface area (Å²) in [5, 5.41) is 9.35. The summed E-state index contributed by atoms with van der Waals surface area (Å²) in [6.45, 7) is -0.00313. The number of halogens is 1. The van der Waals surface area contributed by atoms with Gasteiger partial charge in [-0.1, -0.05) is 11.6 Å². The fraction of sp³-hybridized carbons (Fsp3) is 0.286. The molecule has 0 atom stereocenters. The number of carboxylic acid groups (broad SMARTS) is 1. The molecule has 0 aliphatic rings. The summed E-state index contributed by atoms with van der Waals surface area (Å²) in [6.07, 6.45) is 0. The topological polar surface area (TPSA) is 40.5 Å². The zero-order chi connectivity index (χ0) is 9.14. The molecule has 1 rings (SSSR count). The second kappa shape index (κ2) is 3.78. The van der Waals surface area contributed by atoms with Crippen LogP contribution in [0.15, 0.2) is 12.1 Å². The second-order valence-electron chi connectivity index (χ2n) is 2.33. The van der Waals surface area contributed by atoms with Gasteiger partial charge in [0.15, 0.2) is 0 Å². The van der Waals surface area contributed by atoms with Gasteiger partial charge in [-0.15, -0.1) is 11.3 Å². The molecule has 0 aliphatic heterocycles. The van der Waals surface area contributed by atoms with Gasteiger partial charge in [0.1, 0.15) is 6.54 Å². The first kappa shape index (κ1) is 9.35. The lowest BCUT2D eigenvalue weighted by atomic mass is 10.5. The number of carbonyl (C=O) groups is 1. The van der Waals surface area contributed by atoms with E-state index in [1.807, 2.05) is 0 Å². The van der Waals surface area contributed by atoms with E-state index in [1.165, 1.54) is 11.3 Å². The van der Waals surface area contributed by atoms with Crippen LogP contribution in [-0.2, 0) is 4.79 Å². The van der Waals surface area contributed by atoms with Gasteiger partial charge in [0.25, 0.3) is 0 Å². The summed E-state index contributed by atoms with van der Waals surface area (Å²) in [6, 6.07) is 3.55. The van der Waals surface area contributed by atoms with E-state index in [-0.39, 0.29) is 6.54 Å². The second-order valence-corrected chi connectivity index (χ2v) is 4.02. The van der Waals surface area contributed by atoms with Crippen molar-refractivity contribution >= 4 is 33.9 Å². The Bertz CT molecular complexity index is 287. The van der Waals surface area contributed by atoms with Gasteiger partial charge in [0.05, 0.1) is 9.34 Å². The van der Waals surface area contributed by atoms with Crippen LogP contribution >= 0.6 is 22.9 Å². The summed E-state index contributed by atoms with van der Waals surface area (Å²) in [5.74, 6) is -0.845. The van der Waals surface area contributed by atoms with E-state index < -0.39 is 5.97 Å². The largest absolute Gasteiger partial charge is 0.480 e. The molecule has 0 amide bonds. The predicted molar refractivity (Wildman–Crippen MR) is 50.2 cm³/mol. The fourth-order valence-corrected chi connectivity index (χ4v) is 1.78. The number of likely N-dealkylation sites (N-methyl/N-ethyl adjacent to an activating group) is 1. The van der Waals surface area contributed by atoms with E-state index in [4.69, 9.17) is 16.7 Å². The zero-order valence-corrected chi connectivity index (χ0v) is 8.02. The average Bonchev–Trinajstić information content (AvgIpc) is 2.34. The standard InChI is InChI=1S/C7H8ClNO2S/c1-9(4-7(10)11)6-3-2-5(8)12-6/h2-3H,4H2,1H3,(H,10,11). The Morgan fingerprint density at radius 2 is 2.42 bits per heavy atom. The quantitative estimate of drug-likeness (QED) is 0.820. The molecule has 1 heterocycles. The molecule has 0 radical (unpaired) electrons. The van der Waals surface area contributed by atoms with Crippen LogP contribution in [0.5, 0.6) is 0 Å². The lowest BCUT2D eigenvalue weighted by Crippen LogP contribution is -2.24. The maximum atomic E-state index is 10.3. The van der Waals surface area contributed by atoms with Crippen molar-refractivity contribution < 1.29 is 9.90 Å². The van der Waals surface area contributed by atoms with Crippen molar-refractivity contribution in [3.05, 3.63) is 16.5 Å². The van der Waals surface area contributed by atoms with Crippen LogP contribution in [0.2, 0.25) is 4.34 Å². The van der Waals surface area contributed by atoms with Gasteiger partial charge < -0.3 is 10.0 Å². The minimum absolute atomic E-state index is 0.00313. The van der Waals surface area contributed by atoms with Crippen molar-refractivity contribution in [3.63, 3.8) is 0 Å². The summed E-state index contributed by atoms with van der Waals surface area (Å²) < 4.78 is 0.669. The minimum Gasteiger partial charge on any atom is -0.480 e. The van der Waals surface area contributed by atoms with Crippen molar-refractivity contribution in [1.82, 2.24) is 0 Å². The first-order valence-electron chi connectivity index (χ1n) is 3.28. The number of rotatable bonds is 3. The molecule has 1 aromatic heterocycles. The Morgan fingerprint density at radius 3 is 2.83 bits per heavy atom. The molecule has 0 fully saturated rings. The van der Waals surface area contributed by atoms with Gasteiger partial charge >= 0.3 is 5.97 Å². The Hall–Kier alpha value is -0.740. The number of carboxylic acids is 1. The molecule has 0 unspecified atom stereocenters. The third-order valence-corrected chi connectivity index (χ3v) is 2.65. The smallest absolute Gasteiger partial charge is 0.323 e. The number of hydrogen-bond donors (Lipinski definition) is 1. The first-order chi connectivity index (χ1) is 5.59. The zero-order valence-electron chi connectivity index (χ0n) is 6.45. The van der Waals surface area contributed by atoms with Crippen LogP contribution in [0.4, 0.5) is 5.00 Å². The number of nitrogens with zero attached hydrogens (tertiary/aromatic N) is 1. The number of aliphatic carboxylic acids is 1. The summed E-state index contributed by atoms with van der Waals surface area (Å²) in [4.78, 5) is 12.0. The van der Waals surface area contributed by atoms with Crippen LogP contribution in [-0.4, -0.2) is 24.7 Å². The van der Waals surface area contributed by atoms with Crippen molar-refractivity contribution in [2.75, 3.05) is 18.5 Å². The van der Waals surface area contributed by atoms with Gasteiger partial charge in [-0.3, -0.25) is 4.79 Å². The SMILES string of the molecule is CN(CC(=O)O)c1ccc(Cl)s1. The van der Waals surface area contributed by atoms with Crippen molar-refractivity contribution in [2.24, 2.45) is 0 Å². The molecule has 66 valence electrons. The van der Waals surface area contributed by atoms with Crippen LogP contribution in [0.1, 0.15) is 0 Å². The highest BCUT2D eigenvalue weighted by Crippen LogP contribution is 2.28. The molecule has 0 saturated carbocycles. The monoisotopic (exact) mass is 205 g/mol. The molecule has 0 saturated heterocycles. The van der Waals surface area contributed by atoms with Crippen molar-refractivity contribution in [2.45, 2.75) is 0 Å². The molecule has 0 spiro atoms. The molecule has 0 aliphatic carbocycles. The van der Waals surface area contributed by atoms with Gasteiger partial charge in [-0.2, -0.15) is 0 Å². The lowest BCUT2D eigenvalue weighted by Gasteiger charge is -2.12. The Kier molecular flexibility index (Phi) is 2.94. The van der Waals surface area contributed by atoms with Gasteiger partial charge in [-0.25, -0.2) is 0 Å². The lowest BCUT2D eigenvalue weighted by molar-refractivity contribution is -0.135. The molecule has 0 bridgehead atoms. The summed E-state index contributed by atoms with van der Waals surface area (Å²) in [7, 11) is 1.72. The summed E-state index contributed by atoms with van der Waals surface area (Å²) in [5.41, 5.74) is 0. The Morgan fingerprint density at radius 1 is 1.75 bits per heavy atom. The third kappa shape index (κ3) is 2.39. The van der Waals surface area contributed by atoms with E-state index >= 15 is 0 Å². The van der Waals surface area contributed by atoms with E-state index in [1.54, 1.807) is 24.1 Å². The van der Waals surface area contributed by atoms with Crippen LogP contribution in [0.3, 0.4) is 0 Å². The van der Waals surface area contributed by atoms with E-state index in [2.05, 4.69) is 0 Å². The van der Waals surface area contributed by atoms with Gasteiger partial charge in [0, 0.05) is 7.05 Å². The maximum Gasteiger partial charge on any atom is 0.323 e. The first-order valence-corrected chi connectivity index (χ1v) is 4.47. The molecule has 12 heavy (non-hydrogen) atoms.